The summed E-state index contributed by atoms with van der Waals surface area (Å²) in [5.74, 6) is 1.05. The largest absolute Gasteiger partial charge is 0.496 e. The van der Waals surface area contributed by atoms with Crippen LogP contribution in [0.3, 0.4) is 0 Å². The zero-order chi connectivity index (χ0) is 14.5. The van der Waals surface area contributed by atoms with Gasteiger partial charge in [-0.05, 0) is 18.2 Å². The van der Waals surface area contributed by atoms with Crippen LogP contribution in [0.4, 0.5) is 5.69 Å². The molecule has 6 heteroatoms. The van der Waals surface area contributed by atoms with Crippen LogP contribution in [0.5, 0.6) is 17.2 Å². The van der Waals surface area contributed by atoms with Crippen molar-refractivity contribution >= 4 is 5.69 Å². The zero-order valence-corrected chi connectivity index (χ0v) is 10.9. The monoisotopic (exact) mass is 274 g/mol. The van der Waals surface area contributed by atoms with Gasteiger partial charge in [-0.25, -0.2) is 0 Å². The average molecular weight is 274 g/mol. The topological polar surface area (TPSA) is 87.6 Å². The summed E-state index contributed by atoms with van der Waals surface area (Å²) >= 11 is 0. The highest BCUT2D eigenvalue weighted by Crippen LogP contribution is 2.35. The minimum Gasteiger partial charge on any atom is -0.496 e. The van der Waals surface area contributed by atoms with Crippen LogP contribution in [0.25, 0.3) is 0 Å². The highest BCUT2D eigenvalue weighted by Gasteiger charge is 2.18. The number of nitro benzene ring substituents is 1. The van der Waals surface area contributed by atoms with Crippen LogP contribution in [-0.2, 0) is 6.54 Å². The van der Waals surface area contributed by atoms with Crippen molar-refractivity contribution < 1.29 is 14.4 Å². The average Bonchev–Trinajstić information content (AvgIpc) is 2.48. The smallest absolute Gasteiger partial charge is 0.315 e. The molecule has 0 heterocycles. The maximum atomic E-state index is 11.1. The van der Waals surface area contributed by atoms with E-state index in [1.54, 1.807) is 18.2 Å². The number of methoxy groups -OCH3 is 1. The first-order chi connectivity index (χ1) is 9.65. The van der Waals surface area contributed by atoms with Crippen molar-refractivity contribution in [3.8, 4) is 17.2 Å². The molecule has 0 atom stereocenters. The third kappa shape index (κ3) is 2.86. The Kier molecular flexibility index (Phi) is 4.17. The molecule has 6 nitrogen and oxygen atoms in total. The summed E-state index contributed by atoms with van der Waals surface area (Å²) in [4.78, 5) is 10.6. The molecule has 104 valence electrons. The van der Waals surface area contributed by atoms with E-state index in [0.717, 1.165) is 5.56 Å². The second-order valence-electron chi connectivity index (χ2n) is 4.00. The van der Waals surface area contributed by atoms with E-state index >= 15 is 0 Å². The van der Waals surface area contributed by atoms with Gasteiger partial charge in [0, 0.05) is 12.1 Å². The minimum absolute atomic E-state index is 0.150. The summed E-state index contributed by atoms with van der Waals surface area (Å²) in [6, 6.07) is 11.6. The first-order valence-corrected chi connectivity index (χ1v) is 5.94. The van der Waals surface area contributed by atoms with E-state index in [1.807, 2.05) is 12.1 Å². The van der Waals surface area contributed by atoms with E-state index in [2.05, 4.69) is 0 Å². The third-order valence-electron chi connectivity index (χ3n) is 2.78. The summed E-state index contributed by atoms with van der Waals surface area (Å²) in [6.45, 7) is 0.292. The molecular formula is C14H14N2O4. The van der Waals surface area contributed by atoms with Gasteiger partial charge < -0.3 is 15.2 Å². The molecule has 0 radical (unpaired) electrons. The highest BCUT2D eigenvalue weighted by atomic mass is 16.6. The fourth-order valence-corrected chi connectivity index (χ4v) is 1.74. The lowest BCUT2D eigenvalue weighted by Gasteiger charge is -2.10. The van der Waals surface area contributed by atoms with Gasteiger partial charge in [-0.1, -0.05) is 18.2 Å². The van der Waals surface area contributed by atoms with Gasteiger partial charge in [0.15, 0.2) is 0 Å². The van der Waals surface area contributed by atoms with Crippen LogP contribution in [0, 0.1) is 10.1 Å². The highest BCUT2D eigenvalue weighted by molar-refractivity contribution is 5.53. The number of nitrogens with two attached hydrogens (primary N) is 1. The van der Waals surface area contributed by atoms with E-state index in [4.69, 9.17) is 15.2 Å². The molecule has 2 rings (SSSR count). The lowest BCUT2D eigenvalue weighted by molar-refractivity contribution is -0.385. The Balaban J connectivity index is 2.40. The van der Waals surface area contributed by atoms with Crippen LogP contribution in [0.15, 0.2) is 42.5 Å². The van der Waals surface area contributed by atoms with Crippen molar-refractivity contribution in [1.82, 2.24) is 0 Å². The Morgan fingerprint density at radius 3 is 2.60 bits per heavy atom. The van der Waals surface area contributed by atoms with E-state index in [-0.39, 0.29) is 11.4 Å². The molecule has 0 fully saturated rings. The first kappa shape index (κ1) is 13.8. The first-order valence-electron chi connectivity index (χ1n) is 5.94. The number of hydrogen-bond acceptors (Lipinski definition) is 5. The van der Waals surface area contributed by atoms with Crippen LogP contribution in [0.1, 0.15) is 5.56 Å². The lowest BCUT2D eigenvalue weighted by Crippen LogP contribution is -2.00. The van der Waals surface area contributed by atoms with Gasteiger partial charge in [-0.15, -0.1) is 0 Å². The van der Waals surface area contributed by atoms with Crippen LogP contribution < -0.4 is 15.2 Å². The number of hydrogen-bond donors (Lipinski definition) is 1. The molecule has 0 aliphatic carbocycles. The van der Waals surface area contributed by atoms with Crippen molar-refractivity contribution in [3.05, 3.63) is 58.1 Å². The zero-order valence-electron chi connectivity index (χ0n) is 10.9. The molecule has 0 saturated heterocycles. The van der Waals surface area contributed by atoms with Crippen LogP contribution in [-0.4, -0.2) is 12.0 Å². The van der Waals surface area contributed by atoms with Gasteiger partial charge >= 0.3 is 5.69 Å². The lowest BCUT2D eigenvalue weighted by atomic mass is 10.2. The molecule has 0 unspecified atom stereocenters. The molecule has 0 aliphatic heterocycles. The number of nitro groups is 1. The number of para-hydroxylation sites is 1. The Hall–Kier alpha value is -2.60. The van der Waals surface area contributed by atoms with Crippen molar-refractivity contribution in [2.45, 2.75) is 6.54 Å². The van der Waals surface area contributed by atoms with Gasteiger partial charge in [-0.2, -0.15) is 0 Å². The Morgan fingerprint density at radius 1 is 1.20 bits per heavy atom. The minimum atomic E-state index is -0.511. The summed E-state index contributed by atoms with van der Waals surface area (Å²) in [5, 5.41) is 11.1. The summed E-state index contributed by atoms with van der Waals surface area (Å²) in [5.41, 5.74) is 6.23. The van der Waals surface area contributed by atoms with Crippen molar-refractivity contribution in [2.75, 3.05) is 7.11 Å². The van der Waals surface area contributed by atoms with E-state index < -0.39 is 4.92 Å². The summed E-state index contributed by atoms with van der Waals surface area (Å²) < 4.78 is 10.6. The molecule has 2 aromatic carbocycles. The van der Waals surface area contributed by atoms with E-state index in [9.17, 15) is 10.1 Å². The standard InChI is InChI=1S/C14H14N2O4/c1-19-11-6-7-14(12(8-11)16(17)18)20-13-5-3-2-4-10(13)9-15/h2-8H,9,15H2,1H3. The molecule has 2 aromatic rings. The Labute approximate surface area is 115 Å². The molecule has 0 saturated carbocycles. The predicted octanol–water partition coefficient (Wildman–Crippen LogP) is 2.85. The molecule has 0 aromatic heterocycles. The fourth-order valence-electron chi connectivity index (χ4n) is 1.74. The Bertz CT molecular complexity index is 628. The van der Waals surface area contributed by atoms with Gasteiger partial charge in [-0.3, -0.25) is 10.1 Å². The molecule has 0 bridgehead atoms. The molecule has 0 spiro atoms. The van der Waals surface area contributed by atoms with Crippen molar-refractivity contribution in [3.63, 3.8) is 0 Å². The van der Waals surface area contributed by atoms with E-state index in [0.29, 0.717) is 18.0 Å². The predicted molar refractivity (Wildman–Crippen MR) is 74.1 cm³/mol. The van der Waals surface area contributed by atoms with Crippen molar-refractivity contribution in [1.29, 1.82) is 0 Å². The van der Waals surface area contributed by atoms with Crippen LogP contribution in [0.2, 0.25) is 0 Å². The fraction of sp³-hybridized carbons (Fsp3) is 0.143. The number of nitrogens with zero attached hydrogens (tertiary/aromatic N) is 1. The second-order valence-corrected chi connectivity index (χ2v) is 4.00. The molecule has 0 amide bonds. The van der Waals surface area contributed by atoms with Crippen LogP contribution >= 0.6 is 0 Å². The number of benzene rings is 2. The second kappa shape index (κ2) is 6.03. The van der Waals surface area contributed by atoms with Crippen molar-refractivity contribution in [2.24, 2.45) is 5.73 Å². The molecule has 2 N–H and O–H groups in total. The Morgan fingerprint density at radius 2 is 1.95 bits per heavy atom. The van der Waals surface area contributed by atoms with E-state index in [1.165, 1.54) is 19.2 Å². The number of ether oxygens (including phenoxy) is 2. The SMILES string of the molecule is COc1ccc(Oc2ccccc2CN)c([N+](=O)[O-])c1. The normalized spacial score (nSPS) is 10.1. The maximum Gasteiger partial charge on any atom is 0.315 e. The maximum absolute atomic E-state index is 11.1. The molecule has 20 heavy (non-hydrogen) atoms. The van der Waals surface area contributed by atoms with Gasteiger partial charge in [0.05, 0.1) is 18.1 Å². The molecular weight excluding hydrogens is 260 g/mol. The van der Waals surface area contributed by atoms with Gasteiger partial charge in [0.2, 0.25) is 5.75 Å². The van der Waals surface area contributed by atoms with Gasteiger partial charge in [0.1, 0.15) is 11.5 Å². The third-order valence-corrected chi connectivity index (χ3v) is 2.78. The number of rotatable bonds is 5. The summed E-state index contributed by atoms with van der Waals surface area (Å²) in [6.07, 6.45) is 0. The van der Waals surface area contributed by atoms with Gasteiger partial charge in [0.25, 0.3) is 0 Å². The quantitative estimate of drug-likeness (QED) is 0.669. The molecule has 0 aliphatic rings. The summed E-state index contributed by atoms with van der Waals surface area (Å²) in [7, 11) is 1.45.